The maximum atomic E-state index is 12.6. The zero-order chi connectivity index (χ0) is 20.9. The predicted molar refractivity (Wildman–Crippen MR) is 119 cm³/mol. The van der Waals surface area contributed by atoms with Crippen molar-refractivity contribution >= 4 is 28.8 Å². The van der Waals surface area contributed by atoms with Gasteiger partial charge in [-0.1, -0.05) is 25.1 Å². The number of carbonyl (C=O) groups is 2. The zero-order valence-electron chi connectivity index (χ0n) is 17.4. The number of para-hydroxylation sites is 2. The minimum atomic E-state index is -0.111. The van der Waals surface area contributed by atoms with Crippen molar-refractivity contribution < 1.29 is 14.3 Å². The van der Waals surface area contributed by atoms with Crippen LogP contribution < -0.4 is 15.0 Å². The Hall–Kier alpha value is -2.38. The Kier molecular flexibility index (Phi) is 6.69. The van der Waals surface area contributed by atoms with Gasteiger partial charge < -0.3 is 15.0 Å². The fourth-order valence-corrected chi connectivity index (χ4v) is 5.00. The molecule has 160 valence electrons. The van der Waals surface area contributed by atoms with Gasteiger partial charge in [0, 0.05) is 24.4 Å². The first-order valence-corrected chi connectivity index (χ1v) is 11.6. The maximum absolute atomic E-state index is 12.6. The molecule has 0 bridgehead atoms. The molecular weight excluding hydrogens is 398 g/mol. The van der Waals surface area contributed by atoms with E-state index in [1.165, 1.54) is 17.7 Å². The number of benzene rings is 1. The van der Waals surface area contributed by atoms with E-state index in [4.69, 9.17) is 4.74 Å². The summed E-state index contributed by atoms with van der Waals surface area (Å²) in [6.45, 7) is 5.42. The molecule has 3 heterocycles. The third-order valence-electron chi connectivity index (χ3n) is 5.99. The number of ether oxygens (including phenoxy) is 1. The predicted octanol–water partition coefficient (Wildman–Crippen LogP) is 3.45. The van der Waals surface area contributed by atoms with Crippen LogP contribution in [0.2, 0.25) is 0 Å². The van der Waals surface area contributed by atoms with Crippen molar-refractivity contribution in [2.24, 2.45) is 5.92 Å². The van der Waals surface area contributed by atoms with Crippen LogP contribution in [0, 0.1) is 5.92 Å². The standard InChI is InChI=1S/C23H29N3O3S/c1-17-8-11-25(12-9-17)19(21-7-4-14-30-21)15-24-22(27)10-13-26-18-5-2-3-6-20(18)29-16-23(26)28/h2-7,14,17,19H,8-13,15-16H2,1H3,(H,24,27). The molecule has 1 aromatic carbocycles. The fourth-order valence-electron chi connectivity index (χ4n) is 4.14. The van der Waals surface area contributed by atoms with E-state index in [-0.39, 0.29) is 30.9 Å². The van der Waals surface area contributed by atoms with Crippen LogP contribution in [0.15, 0.2) is 41.8 Å². The monoisotopic (exact) mass is 427 g/mol. The molecule has 0 aliphatic carbocycles. The van der Waals surface area contributed by atoms with Gasteiger partial charge in [-0.2, -0.15) is 0 Å². The van der Waals surface area contributed by atoms with Gasteiger partial charge in [0.15, 0.2) is 6.61 Å². The molecule has 1 unspecified atom stereocenters. The van der Waals surface area contributed by atoms with E-state index in [9.17, 15) is 9.59 Å². The Balaban J connectivity index is 1.34. The lowest BCUT2D eigenvalue weighted by Crippen LogP contribution is -2.43. The molecule has 4 rings (SSSR count). The topological polar surface area (TPSA) is 61.9 Å². The minimum absolute atomic E-state index is 0.0203. The molecule has 0 saturated carbocycles. The van der Waals surface area contributed by atoms with Crippen molar-refractivity contribution in [3.63, 3.8) is 0 Å². The Labute approximate surface area is 181 Å². The van der Waals surface area contributed by atoms with E-state index in [0.717, 1.165) is 24.7 Å². The molecule has 2 aliphatic rings. The molecule has 30 heavy (non-hydrogen) atoms. The molecule has 6 nitrogen and oxygen atoms in total. The number of carbonyl (C=O) groups excluding carboxylic acids is 2. The van der Waals surface area contributed by atoms with E-state index in [2.05, 4.69) is 34.7 Å². The first-order chi connectivity index (χ1) is 14.6. The van der Waals surface area contributed by atoms with E-state index in [0.29, 0.717) is 18.8 Å². The number of piperidine rings is 1. The van der Waals surface area contributed by atoms with Crippen LogP contribution in [0.25, 0.3) is 0 Å². The number of likely N-dealkylation sites (tertiary alicyclic amines) is 1. The van der Waals surface area contributed by atoms with Crippen molar-refractivity contribution in [3.8, 4) is 5.75 Å². The van der Waals surface area contributed by atoms with E-state index >= 15 is 0 Å². The molecule has 2 aliphatic heterocycles. The van der Waals surface area contributed by atoms with Gasteiger partial charge in [0.1, 0.15) is 5.75 Å². The Morgan fingerprint density at radius 2 is 2.03 bits per heavy atom. The molecule has 1 fully saturated rings. The highest BCUT2D eigenvalue weighted by Crippen LogP contribution is 2.32. The van der Waals surface area contributed by atoms with Gasteiger partial charge in [-0.15, -0.1) is 11.3 Å². The molecule has 2 amide bonds. The molecule has 0 radical (unpaired) electrons. The summed E-state index contributed by atoms with van der Waals surface area (Å²) in [5.74, 6) is 1.32. The van der Waals surface area contributed by atoms with Gasteiger partial charge in [-0.3, -0.25) is 14.5 Å². The smallest absolute Gasteiger partial charge is 0.265 e. The summed E-state index contributed by atoms with van der Waals surface area (Å²) < 4.78 is 5.47. The molecule has 7 heteroatoms. The largest absolute Gasteiger partial charge is 0.482 e. The Bertz CT molecular complexity index is 862. The van der Waals surface area contributed by atoms with Gasteiger partial charge >= 0.3 is 0 Å². The summed E-state index contributed by atoms with van der Waals surface area (Å²) in [7, 11) is 0. The second kappa shape index (κ2) is 9.62. The number of hydrogen-bond acceptors (Lipinski definition) is 5. The van der Waals surface area contributed by atoms with Crippen LogP contribution in [-0.2, 0) is 9.59 Å². The van der Waals surface area contributed by atoms with Gasteiger partial charge in [0.2, 0.25) is 5.91 Å². The number of fused-ring (bicyclic) bond motifs is 1. The van der Waals surface area contributed by atoms with Crippen LogP contribution in [0.1, 0.15) is 37.1 Å². The van der Waals surface area contributed by atoms with Crippen LogP contribution >= 0.6 is 11.3 Å². The molecule has 1 N–H and O–H groups in total. The van der Waals surface area contributed by atoms with Crippen molar-refractivity contribution in [2.45, 2.75) is 32.2 Å². The number of thiophene rings is 1. The zero-order valence-corrected chi connectivity index (χ0v) is 18.2. The first-order valence-electron chi connectivity index (χ1n) is 10.7. The number of nitrogens with zero attached hydrogens (tertiary/aromatic N) is 2. The third kappa shape index (κ3) is 4.84. The van der Waals surface area contributed by atoms with Crippen molar-refractivity contribution in [3.05, 3.63) is 46.7 Å². The average molecular weight is 428 g/mol. The fraction of sp³-hybridized carbons (Fsp3) is 0.478. The quantitative estimate of drug-likeness (QED) is 0.735. The van der Waals surface area contributed by atoms with Crippen LogP contribution in [0.4, 0.5) is 5.69 Å². The number of nitrogens with one attached hydrogen (secondary N) is 1. The van der Waals surface area contributed by atoms with E-state index in [1.807, 2.05) is 24.3 Å². The summed E-state index contributed by atoms with van der Waals surface area (Å²) in [6, 6.07) is 11.9. The molecule has 1 saturated heterocycles. The van der Waals surface area contributed by atoms with Gasteiger partial charge in [-0.25, -0.2) is 0 Å². The summed E-state index contributed by atoms with van der Waals surface area (Å²) >= 11 is 1.75. The average Bonchev–Trinajstić information content (AvgIpc) is 3.29. The van der Waals surface area contributed by atoms with Gasteiger partial charge in [0.05, 0.1) is 11.7 Å². The Morgan fingerprint density at radius 3 is 2.80 bits per heavy atom. The summed E-state index contributed by atoms with van der Waals surface area (Å²) in [5.41, 5.74) is 0.737. The van der Waals surface area contributed by atoms with Crippen molar-refractivity contribution in [2.75, 3.05) is 37.7 Å². The minimum Gasteiger partial charge on any atom is -0.482 e. The van der Waals surface area contributed by atoms with Crippen molar-refractivity contribution in [1.82, 2.24) is 10.2 Å². The molecule has 1 atom stereocenters. The molecule has 2 aromatic rings. The SMILES string of the molecule is CC1CCN(C(CNC(=O)CCN2C(=O)COc3ccccc32)c2cccs2)CC1. The van der Waals surface area contributed by atoms with Crippen LogP contribution in [0.5, 0.6) is 5.75 Å². The highest BCUT2D eigenvalue weighted by molar-refractivity contribution is 7.10. The number of rotatable bonds is 7. The lowest BCUT2D eigenvalue weighted by atomic mass is 9.97. The lowest BCUT2D eigenvalue weighted by molar-refractivity contribution is -0.122. The highest BCUT2D eigenvalue weighted by Gasteiger charge is 2.27. The lowest BCUT2D eigenvalue weighted by Gasteiger charge is -2.36. The molecule has 0 spiro atoms. The van der Waals surface area contributed by atoms with E-state index < -0.39 is 0 Å². The normalized spacial score (nSPS) is 18.6. The number of hydrogen-bond donors (Lipinski definition) is 1. The Morgan fingerprint density at radius 1 is 1.23 bits per heavy atom. The van der Waals surface area contributed by atoms with Gasteiger partial charge in [-0.05, 0) is 55.4 Å². The maximum Gasteiger partial charge on any atom is 0.265 e. The highest BCUT2D eigenvalue weighted by atomic mass is 32.1. The number of amides is 2. The number of anilines is 1. The van der Waals surface area contributed by atoms with Crippen LogP contribution in [-0.4, -0.2) is 49.5 Å². The summed E-state index contributed by atoms with van der Waals surface area (Å²) in [5, 5.41) is 5.21. The van der Waals surface area contributed by atoms with E-state index in [1.54, 1.807) is 16.2 Å². The van der Waals surface area contributed by atoms with Crippen LogP contribution in [0.3, 0.4) is 0 Å². The second-order valence-electron chi connectivity index (χ2n) is 8.11. The first kappa shape index (κ1) is 20.9. The molecular formula is C23H29N3O3S. The van der Waals surface area contributed by atoms with Crippen molar-refractivity contribution in [1.29, 1.82) is 0 Å². The summed E-state index contributed by atoms with van der Waals surface area (Å²) in [6.07, 6.45) is 2.68. The van der Waals surface area contributed by atoms with Gasteiger partial charge in [0.25, 0.3) is 5.91 Å². The molecule has 1 aromatic heterocycles. The second-order valence-corrected chi connectivity index (χ2v) is 9.08. The summed E-state index contributed by atoms with van der Waals surface area (Å²) in [4.78, 5) is 30.3. The third-order valence-corrected chi connectivity index (χ3v) is 6.97.